The number of H-pyrrole nitrogens is 1. The van der Waals surface area contributed by atoms with Crippen LogP contribution in [0.2, 0.25) is 0 Å². The van der Waals surface area contributed by atoms with E-state index in [1.54, 1.807) is 25.3 Å². The number of fused-ring (bicyclic) bond motifs is 1. The van der Waals surface area contributed by atoms with Crippen molar-refractivity contribution in [3.8, 4) is 6.01 Å². The Labute approximate surface area is 104 Å². The number of nitrogens with one attached hydrogen (secondary N) is 1. The van der Waals surface area contributed by atoms with Gasteiger partial charge in [0.15, 0.2) is 0 Å². The number of aromatic amines is 1. The molecule has 6 heteroatoms. The first kappa shape index (κ1) is 12.4. The van der Waals surface area contributed by atoms with Crippen molar-refractivity contribution in [2.45, 2.75) is 13.0 Å². The third-order valence-corrected chi connectivity index (χ3v) is 2.42. The molecule has 0 saturated carbocycles. The fraction of sp³-hybridized carbons (Fsp3) is 0.333. The Morgan fingerprint density at radius 1 is 1.50 bits per heavy atom. The van der Waals surface area contributed by atoms with Crippen LogP contribution in [0, 0.1) is 0 Å². The summed E-state index contributed by atoms with van der Waals surface area (Å²) in [5.41, 5.74) is 6.42. The minimum atomic E-state index is -0.271. The number of benzene rings is 1. The van der Waals surface area contributed by atoms with Gasteiger partial charge < -0.3 is 15.2 Å². The average Bonchev–Trinajstić information content (AvgIpc) is 2.30. The maximum atomic E-state index is 11.8. The normalized spacial score (nSPS) is 12.6. The minimum Gasteiger partial charge on any atom is -0.459 e. The number of ether oxygens (including phenoxy) is 2. The summed E-state index contributed by atoms with van der Waals surface area (Å²) in [5, 5.41) is 0.446. The Morgan fingerprint density at radius 2 is 2.28 bits per heavy atom. The predicted molar refractivity (Wildman–Crippen MR) is 68.7 cm³/mol. The van der Waals surface area contributed by atoms with Crippen molar-refractivity contribution in [2.75, 3.05) is 19.5 Å². The van der Waals surface area contributed by atoms with Gasteiger partial charge in [-0.15, -0.1) is 0 Å². The highest BCUT2D eigenvalue weighted by Crippen LogP contribution is 2.14. The van der Waals surface area contributed by atoms with Gasteiger partial charge in [-0.05, 0) is 25.1 Å². The van der Waals surface area contributed by atoms with E-state index < -0.39 is 0 Å². The van der Waals surface area contributed by atoms with E-state index in [2.05, 4.69) is 9.97 Å². The van der Waals surface area contributed by atoms with Crippen LogP contribution in [0.5, 0.6) is 6.01 Å². The molecule has 18 heavy (non-hydrogen) atoms. The second-order valence-corrected chi connectivity index (χ2v) is 4.03. The largest absolute Gasteiger partial charge is 0.459 e. The topological polar surface area (TPSA) is 90.2 Å². The Kier molecular flexibility index (Phi) is 3.47. The molecule has 3 N–H and O–H groups in total. The molecule has 0 radical (unpaired) electrons. The quantitative estimate of drug-likeness (QED) is 0.786. The fourth-order valence-electron chi connectivity index (χ4n) is 1.65. The second kappa shape index (κ2) is 5.05. The molecule has 0 aliphatic carbocycles. The summed E-state index contributed by atoms with van der Waals surface area (Å²) in [6, 6.07) is 5.15. The Hall–Kier alpha value is -2.08. The van der Waals surface area contributed by atoms with Crippen LogP contribution in [0.3, 0.4) is 0 Å². The molecule has 1 unspecified atom stereocenters. The number of anilines is 1. The van der Waals surface area contributed by atoms with Gasteiger partial charge in [-0.2, -0.15) is 4.98 Å². The van der Waals surface area contributed by atoms with Crippen LogP contribution in [0.15, 0.2) is 23.0 Å². The smallest absolute Gasteiger partial charge is 0.297 e. The molecule has 0 aliphatic heterocycles. The van der Waals surface area contributed by atoms with E-state index >= 15 is 0 Å². The summed E-state index contributed by atoms with van der Waals surface area (Å²) in [6.07, 6.45) is -0.190. The molecule has 0 bridgehead atoms. The lowest BCUT2D eigenvalue weighted by Crippen LogP contribution is -2.21. The van der Waals surface area contributed by atoms with E-state index in [9.17, 15) is 4.79 Å². The monoisotopic (exact) mass is 249 g/mol. The van der Waals surface area contributed by atoms with E-state index in [1.807, 2.05) is 6.92 Å². The van der Waals surface area contributed by atoms with Crippen molar-refractivity contribution < 1.29 is 9.47 Å². The van der Waals surface area contributed by atoms with Gasteiger partial charge in [-0.25, -0.2) is 0 Å². The summed E-state index contributed by atoms with van der Waals surface area (Å²) in [4.78, 5) is 18.6. The van der Waals surface area contributed by atoms with Crippen LogP contribution in [0.1, 0.15) is 6.92 Å². The van der Waals surface area contributed by atoms with Gasteiger partial charge in [0, 0.05) is 12.8 Å². The summed E-state index contributed by atoms with van der Waals surface area (Å²) >= 11 is 0. The first-order chi connectivity index (χ1) is 8.60. The van der Waals surface area contributed by atoms with E-state index in [0.29, 0.717) is 23.2 Å². The van der Waals surface area contributed by atoms with E-state index in [-0.39, 0.29) is 17.7 Å². The lowest BCUT2D eigenvalue weighted by atomic mass is 10.2. The van der Waals surface area contributed by atoms with Crippen LogP contribution < -0.4 is 16.0 Å². The van der Waals surface area contributed by atoms with Crippen molar-refractivity contribution >= 4 is 16.6 Å². The number of nitrogens with two attached hydrogens (primary N) is 1. The summed E-state index contributed by atoms with van der Waals surface area (Å²) < 4.78 is 10.4. The third-order valence-electron chi connectivity index (χ3n) is 2.42. The Morgan fingerprint density at radius 3 is 3.00 bits per heavy atom. The molecule has 1 heterocycles. The van der Waals surface area contributed by atoms with Crippen LogP contribution in [0.25, 0.3) is 10.9 Å². The molecule has 1 aromatic heterocycles. The summed E-state index contributed by atoms with van der Waals surface area (Å²) in [7, 11) is 1.58. The number of aromatic nitrogens is 2. The zero-order chi connectivity index (χ0) is 13.1. The number of hydrogen-bond donors (Lipinski definition) is 2. The number of nitrogen functional groups attached to an aromatic ring is 1. The summed E-state index contributed by atoms with van der Waals surface area (Å²) in [5.74, 6) is 0. The average molecular weight is 249 g/mol. The maximum absolute atomic E-state index is 11.8. The lowest BCUT2D eigenvalue weighted by Gasteiger charge is -2.12. The highest BCUT2D eigenvalue weighted by molar-refractivity contribution is 5.81. The Bertz CT molecular complexity index is 609. The zero-order valence-electron chi connectivity index (χ0n) is 10.3. The highest BCUT2D eigenvalue weighted by Gasteiger charge is 2.08. The molecule has 1 aromatic carbocycles. The van der Waals surface area contributed by atoms with E-state index in [0.717, 1.165) is 0 Å². The van der Waals surface area contributed by atoms with Crippen LogP contribution in [-0.2, 0) is 4.74 Å². The summed E-state index contributed by atoms with van der Waals surface area (Å²) in [6.45, 7) is 2.25. The van der Waals surface area contributed by atoms with Gasteiger partial charge in [0.05, 0.1) is 17.5 Å². The molecule has 0 amide bonds. The molecule has 0 saturated heterocycles. The molecule has 96 valence electrons. The van der Waals surface area contributed by atoms with Gasteiger partial charge in [-0.1, -0.05) is 0 Å². The van der Waals surface area contributed by atoms with Gasteiger partial charge in [0.1, 0.15) is 6.10 Å². The zero-order valence-corrected chi connectivity index (χ0v) is 10.3. The van der Waals surface area contributed by atoms with Crippen molar-refractivity contribution in [3.05, 3.63) is 28.6 Å². The maximum Gasteiger partial charge on any atom is 0.297 e. The predicted octanol–water partition coefficient (Wildman–Crippen LogP) is 0.919. The van der Waals surface area contributed by atoms with Gasteiger partial charge >= 0.3 is 0 Å². The minimum absolute atomic E-state index is 0.182. The van der Waals surface area contributed by atoms with Crippen molar-refractivity contribution in [1.82, 2.24) is 9.97 Å². The first-order valence-electron chi connectivity index (χ1n) is 5.55. The highest BCUT2D eigenvalue weighted by atomic mass is 16.5. The second-order valence-electron chi connectivity index (χ2n) is 4.03. The molecular weight excluding hydrogens is 234 g/mol. The number of methoxy groups -OCH3 is 1. The molecule has 2 rings (SSSR count). The molecule has 6 nitrogen and oxygen atoms in total. The number of rotatable bonds is 4. The molecule has 2 aromatic rings. The molecule has 0 aliphatic rings. The Balaban J connectivity index is 2.37. The molecule has 0 fully saturated rings. The SMILES string of the molecule is COCC(C)Oc1nc2ccc(N)cc2c(=O)[nH]1. The van der Waals surface area contributed by atoms with Gasteiger partial charge in [-0.3, -0.25) is 9.78 Å². The molecular formula is C12H15N3O3. The first-order valence-corrected chi connectivity index (χ1v) is 5.55. The fourth-order valence-corrected chi connectivity index (χ4v) is 1.65. The molecule has 1 atom stereocenters. The number of nitrogens with zero attached hydrogens (tertiary/aromatic N) is 1. The van der Waals surface area contributed by atoms with Crippen molar-refractivity contribution in [1.29, 1.82) is 0 Å². The number of hydrogen-bond acceptors (Lipinski definition) is 5. The third kappa shape index (κ3) is 2.60. The lowest BCUT2D eigenvalue weighted by molar-refractivity contribution is 0.0856. The molecule has 0 spiro atoms. The van der Waals surface area contributed by atoms with Gasteiger partial charge in [0.2, 0.25) is 0 Å². The standard InChI is InChI=1S/C12H15N3O3/c1-7(6-17-2)18-12-14-10-4-3-8(13)5-9(10)11(16)15-12/h3-5,7H,6,13H2,1-2H3,(H,14,15,16). The van der Waals surface area contributed by atoms with E-state index in [1.165, 1.54) is 0 Å². The van der Waals surface area contributed by atoms with Crippen molar-refractivity contribution in [2.24, 2.45) is 0 Å². The van der Waals surface area contributed by atoms with Crippen molar-refractivity contribution in [3.63, 3.8) is 0 Å². The van der Waals surface area contributed by atoms with Crippen LogP contribution in [-0.4, -0.2) is 29.8 Å². The van der Waals surface area contributed by atoms with E-state index in [4.69, 9.17) is 15.2 Å². The van der Waals surface area contributed by atoms with Gasteiger partial charge in [0.25, 0.3) is 11.6 Å². The van der Waals surface area contributed by atoms with Crippen LogP contribution in [0.4, 0.5) is 5.69 Å². The van der Waals surface area contributed by atoms with Crippen LogP contribution >= 0.6 is 0 Å².